The molecule has 1 fully saturated rings. The minimum atomic E-state index is -1.02. The van der Waals surface area contributed by atoms with Gasteiger partial charge >= 0.3 is 5.97 Å². The number of carboxylic acid groups (broad SMARTS) is 1. The second-order valence-corrected chi connectivity index (χ2v) is 4.84. The van der Waals surface area contributed by atoms with Crippen LogP contribution in [0.4, 0.5) is 0 Å². The van der Waals surface area contributed by atoms with Gasteiger partial charge in [0, 0.05) is 7.11 Å². The van der Waals surface area contributed by atoms with Crippen LogP contribution in [0, 0.1) is 0 Å². The number of methoxy groups -OCH3 is 1. The van der Waals surface area contributed by atoms with Gasteiger partial charge in [-0.15, -0.1) is 0 Å². The standard InChI is InChI=1S/C11H19NO5/c1-11(2,6-16-3)12-9(13)7-4-5-8(17-7)10(14)15/h7-8H,4-6H2,1-3H3,(H,12,13)(H,14,15)/t7-,8+/m0/s1. The van der Waals surface area contributed by atoms with Crippen LogP contribution in [0.1, 0.15) is 26.7 Å². The fourth-order valence-electron chi connectivity index (χ4n) is 1.82. The van der Waals surface area contributed by atoms with Gasteiger partial charge in [-0.25, -0.2) is 4.79 Å². The Morgan fingerprint density at radius 3 is 2.47 bits per heavy atom. The van der Waals surface area contributed by atoms with Crippen LogP contribution < -0.4 is 5.32 Å². The minimum Gasteiger partial charge on any atom is -0.479 e. The molecule has 0 aliphatic carbocycles. The van der Waals surface area contributed by atoms with Gasteiger partial charge in [-0.3, -0.25) is 4.79 Å². The first-order valence-electron chi connectivity index (χ1n) is 5.55. The van der Waals surface area contributed by atoms with Crippen molar-refractivity contribution in [3.8, 4) is 0 Å². The molecule has 2 atom stereocenters. The molecule has 0 spiro atoms. The summed E-state index contributed by atoms with van der Waals surface area (Å²) in [5, 5.41) is 11.5. The molecule has 1 heterocycles. The quantitative estimate of drug-likeness (QED) is 0.720. The van der Waals surface area contributed by atoms with Crippen molar-refractivity contribution < 1.29 is 24.2 Å². The molecule has 0 aromatic carbocycles. The van der Waals surface area contributed by atoms with E-state index in [2.05, 4.69) is 5.32 Å². The highest BCUT2D eigenvalue weighted by Crippen LogP contribution is 2.20. The molecule has 1 saturated heterocycles. The number of nitrogens with one attached hydrogen (secondary N) is 1. The van der Waals surface area contributed by atoms with Crippen molar-refractivity contribution in [2.24, 2.45) is 0 Å². The van der Waals surface area contributed by atoms with Crippen LogP contribution in [0.15, 0.2) is 0 Å². The zero-order chi connectivity index (χ0) is 13.1. The van der Waals surface area contributed by atoms with Crippen molar-refractivity contribution in [2.75, 3.05) is 13.7 Å². The summed E-state index contributed by atoms with van der Waals surface area (Å²) in [7, 11) is 1.56. The average molecular weight is 245 g/mol. The molecule has 0 radical (unpaired) electrons. The molecular weight excluding hydrogens is 226 g/mol. The van der Waals surface area contributed by atoms with Gasteiger partial charge in [0.05, 0.1) is 12.1 Å². The zero-order valence-corrected chi connectivity index (χ0v) is 10.4. The van der Waals surface area contributed by atoms with E-state index in [1.165, 1.54) is 0 Å². The van der Waals surface area contributed by atoms with E-state index in [9.17, 15) is 9.59 Å². The Morgan fingerprint density at radius 1 is 1.41 bits per heavy atom. The van der Waals surface area contributed by atoms with Crippen molar-refractivity contribution in [1.29, 1.82) is 0 Å². The third-order valence-corrected chi connectivity index (χ3v) is 2.55. The zero-order valence-electron chi connectivity index (χ0n) is 10.4. The fourth-order valence-corrected chi connectivity index (χ4v) is 1.82. The molecule has 98 valence electrons. The van der Waals surface area contributed by atoms with Gasteiger partial charge in [0.25, 0.3) is 0 Å². The number of carbonyl (C=O) groups is 2. The summed E-state index contributed by atoms with van der Waals surface area (Å²) in [5.41, 5.74) is -0.490. The Bertz CT molecular complexity index is 302. The highest BCUT2D eigenvalue weighted by Gasteiger charge is 2.36. The molecule has 2 N–H and O–H groups in total. The van der Waals surface area contributed by atoms with E-state index in [0.717, 1.165) is 0 Å². The summed E-state index contributed by atoms with van der Waals surface area (Å²) in [6.07, 6.45) is -0.729. The number of amides is 1. The summed E-state index contributed by atoms with van der Waals surface area (Å²) in [6.45, 7) is 4.05. The maximum Gasteiger partial charge on any atom is 0.332 e. The normalized spacial score (nSPS) is 24.6. The van der Waals surface area contributed by atoms with Gasteiger partial charge in [-0.1, -0.05) is 0 Å². The van der Waals surface area contributed by atoms with Crippen molar-refractivity contribution in [1.82, 2.24) is 5.32 Å². The molecule has 1 aliphatic rings. The molecule has 0 bridgehead atoms. The summed E-state index contributed by atoms with van der Waals surface area (Å²) < 4.78 is 10.1. The van der Waals surface area contributed by atoms with Gasteiger partial charge in [0.1, 0.15) is 6.10 Å². The van der Waals surface area contributed by atoms with Gasteiger partial charge in [-0.2, -0.15) is 0 Å². The lowest BCUT2D eigenvalue weighted by molar-refractivity contribution is -0.152. The molecule has 6 heteroatoms. The molecule has 6 nitrogen and oxygen atoms in total. The van der Waals surface area contributed by atoms with E-state index >= 15 is 0 Å². The summed E-state index contributed by atoms with van der Waals surface area (Å²) >= 11 is 0. The topological polar surface area (TPSA) is 84.9 Å². The molecule has 17 heavy (non-hydrogen) atoms. The van der Waals surface area contributed by atoms with E-state index in [0.29, 0.717) is 19.4 Å². The van der Waals surface area contributed by atoms with Gasteiger partial charge in [-0.05, 0) is 26.7 Å². The lowest BCUT2D eigenvalue weighted by Gasteiger charge is -2.26. The monoisotopic (exact) mass is 245 g/mol. The van der Waals surface area contributed by atoms with Crippen molar-refractivity contribution in [2.45, 2.75) is 44.4 Å². The second-order valence-electron chi connectivity index (χ2n) is 4.84. The Balaban J connectivity index is 2.47. The van der Waals surface area contributed by atoms with E-state index in [4.69, 9.17) is 14.6 Å². The highest BCUT2D eigenvalue weighted by molar-refractivity contribution is 5.83. The number of aliphatic carboxylic acids is 1. The molecule has 0 saturated carbocycles. The van der Waals surface area contributed by atoms with Crippen LogP contribution >= 0.6 is 0 Å². The van der Waals surface area contributed by atoms with Gasteiger partial charge in [0.2, 0.25) is 5.91 Å². The molecule has 0 aromatic heterocycles. The third kappa shape index (κ3) is 3.98. The minimum absolute atomic E-state index is 0.282. The number of hydrogen-bond acceptors (Lipinski definition) is 4. The molecule has 1 aliphatic heterocycles. The first-order valence-corrected chi connectivity index (χ1v) is 5.55. The van der Waals surface area contributed by atoms with E-state index in [1.54, 1.807) is 7.11 Å². The maximum absolute atomic E-state index is 11.8. The predicted octanol–water partition coefficient (Wildman–Crippen LogP) is 0.160. The third-order valence-electron chi connectivity index (χ3n) is 2.55. The van der Waals surface area contributed by atoms with Crippen LogP contribution in [0.25, 0.3) is 0 Å². The lowest BCUT2D eigenvalue weighted by Crippen LogP contribution is -2.50. The fraction of sp³-hybridized carbons (Fsp3) is 0.818. The van der Waals surface area contributed by atoms with Gasteiger partial charge < -0.3 is 19.9 Å². The smallest absolute Gasteiger partial charge is 0.332 e. The Morgan fingerprint density at radius 2 is 2.00 bits per heavy atom. The van der Waals surface area contributed by atoms with Crippen LogP contribution in [0.2, 0.25) is 0 Å². The molecule has 1 amide bonds. The number of carbonyl (C=O) groups excluding carboxylic acids is 1. The molecule has 0 aromatic rings. The molecular formula is C11H19NO5. The average Bonchev–Trinajstić information content (AvgIpc) is 2.64. The van der Waals surface area contributed by atoms with Crippen LogP contribution in [-0.4, -0.2) is 48.4 Å². The Labute approximate surface area is 100 Å². The lowest BCUT2D eigenvalue weighted by atomic mass is 10.1. The van der Waals surface area contributed by atoms with Crippen LogP contribution in [0.3, 0.4) is 0 Å². The first kappa shape index (κ1) is 13.9. The van der Waals surface area contributed by atoms with Crippen molar-refractivity contribution in [3.63, 3.8) is 0 Å². The Kier molecular flexibility index (Phi) is 4.47. The second kappa shape index (κ2) is 5.46. The maximum atomic E-state index is 11.8. The van der Waals surface area contributed by atoms with Crippen LogP contribution in [0.5, 0.6) is 0 Å². The number of carboxylic acids is 1. The van der Waals surface area contributed by atoms with E-state index in [-0.39, 0.29) is 5.91 Å². The van der Waals surface area contributed by atoms with Crippen molar-refractivity contribution >= 4 is 11.9 Å². The van der Waals surface area contributed by atoms with Crippen molar-refractivity contribution in [3.05, 3.63) is 0 Å². The SMILES string of the molecule is COCC(C)(C)NC(=O)[C@@H]1CC[C@H](C(=O)O)O1. The summed E-state index contributed by atoms with van der Waals surface area (Å²) in [5.74, 6) is -1.30. The largest absolute Gasteiger partial charge is 0.479 e. The van der Waals surface area contributed by atoms with Gasteiger partial charge in [0.15, 0.2) is 6.10 Å². The summed E-state index contributed by atoms with van der Waals surface area (Å²) in [4.78, 5) is 22.5. The number of rotatable bonds is 5. The summed E-state index contributed by atoms with van der Waals surface area (Å²) in [6, 6.07) is 0. The number of hydrogen-bond donors (Lipinski definition) is 2. The van der Waals surface area contributed by atoms with Crippen LogP contribution in [-0.2, 0) is 19.1 Å². The predicted molar refractivity (Wildman–Crippen MR) is 59.6 cm³/mol. The Hall–Kier alpha value is -1.14. The molecule has 0 unspecified atom stereocenters. The first-order chi connectivity index (χ1) is 7.85. The van der Waals surface area contributed by atoms with E-state index < -0.39 is 23.7 Å². The van der Waals surface area contributed by atoms with E-state index in [1.807, 2.05) is 13.8 Å². The molecule has 1 rings (SSSR count). The number of ether oxygens (including phenoxy) is 2. The highest BCUT2D eigenvalue weighted by atomic mass is 16.5.